The number of ether oxygens (including phenoxy) is 6. The van der Waals surface area contributed by atoms with E-state index in [1.54, 1.807) is 0 Å². The van der Waals surface area contributed by atoms with Crippen LogP contribution in [0.15, 0.2) is 78.9 Å². The van der Waals surface area contributed by atoms with Crippen molar-refractivity contribution in [1.82, 2.24) is 21.3 Å². The van der Waals surface area contributed by atoms with Crippen LogP contribution in [0.2, 0.25) is 10.0 Å². The molecule has 100 heavy (non-hydrogen) atoms. The quantitative estimate of drug-likeness (QED) is 0.0801. The molecular formula is C69H81Cl2N7O22. The lowest BCUT2D eigenvalue weighted by molar-refractivity contribution is -0.333. The number of nitrogens with one attached hydrogen (secondary N) is 5. The summed E-state index contributed by atoms with van der Waals surface area (Å²) in [5, 5.41) is 135. The number of rotatable bonds is 13. The number of Topliss-reactive ketones (excluding diaryl/α,β-unsaturated/α-hetero) is 2. The Bertz CT molecular complexity index is 3970. The second kappa shape index (κ2) is 30.6. The number of carbonyl (C=O) groups excluding carboxylic acids is 6. The third-order valence-electron chi connectivity index (χ3n) is 18.8. The molecule has 2 saturated heterocycles. The van der Waals surface area contributed by atoms with E-state index in [0.29, 0.717) is 0 Å². The van der Waals surface area contributed by atoms with Gasteiger partial charge in [0, 0.05) is 66.5 Å². The number of aliphatic hydroxyl groups is 7. The van der Waals surface area contributed by atoms with E-state index in [1.807, 2.05) is 13.8 Å². The molecule has 0 aliphatic carbocycles. The van der Waals surface area contributed by atoms with Gasteiger partial charge in [-0.1, -0.05) is 55.2 Å². The lowest BCUT2D eigenvalue weighted by atomic mass is 9.79. The molecule has 0 aromatic heterocycles. The molecule has 29 nitrogen and oxygen atoms in total. The van der Waals surface area contributed by atoms with Crippen LogP contribution in [0.4, 0.5) is 0 Å². The number of aromatic hydroxyl groups is 3. The first-order chi connectivity index (χ1) is 47.3. The second-order valence-corrected chi connectivity index (χ2v) is 27.4. The van der Waals surface area contributed by atoms with Gasteiger partial charge in [0.15, 0.2) is 29.7 Å². The molecule has 19 N–H and O–H groups in total. The molecule has 538 valence electrons. The molecule has 4 unspecified atom stereocenters. The number of ketones is 2. The molecule has 11 bridgehead atoms. The maximum absolute atomic E-state index is 15.6. The standard InChI is InChI=1S/C69H81Cl2N7O22/c1-27(2)12-42(75-5)67(94)78-57-47(85)16-33(19-53(73)86)65(92)77-56-32-17-50(62(51(18-32)97-49-11-8-31(59(57)88)15-40(49)71)100-68-63(61(90)60(89)52(26-80)98-68)99-54-24-69(4,74)64(91)28(3)95-54)96-48-10-7-30(14-39(48)70)58(87)38-23-45(83)35(22-41(56)72)29-6-9-44(82)37(13-29)55-36(20-34(81)21-46(55)84)43(25-79)76-66(38)93/h6-11,13-15,17-18,20-21,27-28,33,35,38,42-43,52,54,56-61,63-64,68,72,75,79-82,84,87-91H,12,16,19,22-26,74H2,1-5H3,(H2,73,86)(H,76,93)(H,77,92)(H,78,94)/t28-,33-,35-,38-,42+,43+,52?,54-,56+,57-,58+,59+,60?,61-,63+,64+,68?,69?/m0/s1. The fraction of sp³-hybridized carbons (Fsp3) is 0.464. The fourth-order valence-electron chi connectivity index (χ4n) is 13.4. The minimum Gasteiger partial charge on any atom is -0.508 e. The number of hydrogen-bond acceptors (Lipinski definition) is 25. The molecule has 7 aliphatic rings. The molecule has 31 heteroatoms. The molecule has 5 aromatic carbocycles. The minimum absolute atomic E-state index is 0.00507. The predicted octanol–water partition coefficient (Wildman–Crippen LogP) is 3.53. The molecule has 0 saturated carbocycles. The zero-order chi connectivity index (χ0) is 72.7. The number of nitrogens with two attached hydrogens (primary N) is 2. The topological polar surface area (TPSA) is 484 Å². The summed E-state index contributed by atoms with van der Waals surface area (Å²) in [6.07, 6.45) is -19.9. The largest absolute Gasteiger partial charge is 0.508 e. The smallest absolute Gasteiger partial charge is 0.237 e. The highest BCUT2D eigenvalue weighted by molar-refractivity contribution is 6.32. The summed E-state index contributed by atoms with van der Waals surface area (Å²) in [5.74, 6) is -14.9. The van der Waals surface area contributed by atoms with Crippen molar-refractivity contribution in [3.63, 3.8) is 0 Å². The van der Waals surface area contributed by atoms with Crippen LogP contribution in [-0.2, 0) is 43.0 Å². The Balaban J connectivity index is 1.24. The number of halogens is 2. The lowest BCUT2D eigenvalue weighted by Gasteiger charge is -2.47. The Morgan fingerprint density at radius 2 is 1.40 bits per heavy atom. The van der Waals surface area contributed by atoms with Gasteiger partial charge in [-0.3, -0.25) is 28.8 Å². The van der Waals surface area contributed by atoms with Crippen LogP contribution in [0.25, 0.3) is 11.1 Å². The molecule has 18 atom stereocenters. The van der Waals surface area contributed by atoms with Crippen molar-refractivity contribution in [1.29, 1.82) is 5.41 Å². The Morgan fingerprint density at radius 3 is 1.99 bits per heavy atom. The summed E-state index contributed by atoms with van der Waals surface area (Å²) in [6.45, 7) is 4.94. The molecule has 2 fully saturated rings. The zero-order valence-electron chi connectivity index (χ0n) is 54.8. The van der Waals surface area contributed by atoms with E-state index < -0.39 is 223 Å². The normalized spacial score (nSPS) is 29.9. The van der Waals surface area contributed by atoms with E-state index >= 15 is 9.59 Å². The zero-order valence-corrected chi connectivity index (χ0v) is 56.3. The van der Waals surface area contributed by atoms with E-state index in [9.17, 15) is 75.7 Å². The predicted molar refractivity (Wildman–Crippen MR) is 355 cm³/mol. The maximum atomic E-state index is 15.6. The highest BCUT2D eigenvalue weighted by Crippen LogP contribution is 2.51. The van der Waals surface area contributed by atoms with Crippen LogP contribution in [0.3, 0.4) is 0 Å². The van der Waals surface area contributed by atoms with Gasteiger partial charge < -0.3 is 118 Å². The number of primary amides is 1. The van der Waals surface area contributed by atoms with Crippen molar-refractivity contribution >= 4 is 64.1 Å². The van der Waals surface area contributed by atoms with E-state index in [-0.39, 0.29) is 79.2 Å². The lowest BCUT2D eigenvalue weighted by Crippen LogP contribution is -2.64. The summed E-state index contributed by atoms with van der Waals surface area (Å²) < 4.78 is 38.7. The van der Waals surface area contributed by atoms with Crippen molar-refractivity contribution in [2.45, 2.75) is 163 Å². The molecule has 0 radical (unpaired) electrons. The molecule has 5 aromatic rings. The van der Waals surface area contributed by atoms with E-state index in [4.69, 9.17) is 63.1 Å². The first-order valence-electron chi connectivity index (χ1n) is 32.3. The third-order valence-corrected chi connectivity index (χ3v) is 19.3. The Hall–Kier alpha value is -8.11. The van der Waals surface area contributed by atoms with Gasteiger partial charge in [-0.05, 0) is 116 Å². The number of aliphatic hydroxyl groups excluding tert-OH is 7. The molecular weight excluding hydrogens is 1350 g/mol. The molecule has 0 spiro atoms. The summed E-state index contributed by atoms with van der Waals surface area (Å²) in [6, 6.07) is 9.55. The minimum atomic E-state index is -1.98. The van der Waals surface area contributed by atoms with Crippen LogP contribution in [0.5, 0.6) is 46.0 Å². The second-order valence-electron chi connectivity index (χ2n) is 26.6. The maximum Gasteiger partial charge on any atom is 0.237 e. The monoisotopic (exact) mass is 1430 g/mol. The Labute approximate surface area is 583 Å². The number of carbonyl (C=O) groups is 6. The van der Waals surface area contributed by atoms with Crippen LogP contribution in [0, 0.1) is 23.2 Å². The number of fused-ring (bicyclic) bond motifs is 15. The van der Waals surface area contributed by atoms with Gasteiger partial charge >= 0.3 is 0 Å². The SMILES string of the molecule is CN[C@H](CC(C)C)C(=O)N[C@H]1C(=O)C[C@@H](CC(N)=O)C(=O)N[C@H]2C(=N)C[C@@H]3C(=O)C[C@H](C(=O)N[C@H](CO)c4cc(O)cc(O)c4-c4cc3ccc4O)[C@H](O)c3ccc(c(Cl)c3)Oc3cc2cc(c3OC2OC(CO)C(O)[C@H](O)[C@H]2O[C@H]2CC(C)(N)[C@H](O)[C@H](C)O2)Oc2ccc(cc2Cl)[C@H]1O. The van der Waals surface area contributed by atoms with Crippen molar-refractivity contribution in [3.8, 4) is 57.1 Å². The van der Waals surface area contributed by atoms with Gasteiger partial charge in [-0.2, -0.15) is 0 Å². The van der Waals surface area contributed by atoms with Crippen molar-refractivity contribution in [3.05, 3.63) is 117 Å². The van der Waals surface area contributed by atoms with E-state index in [0.717, 1.165) is 12.1 Å². The van der Waals surface area contributed by atoms with Gasteiger partial charge in [-0.15, -0.1) is 0 Å². The molecule has 7 heterocycles. The van der Waals surface area contributed by atoms with Crippen molar-refractivity contribution in [2.75, 3.05) is 20.3 Å². The van der Waals surface area contributed by atoms with Crippen molar-refractivity contribution < 1.29 is 108 Å². The van der Waals surface area contributed by atoms with Gasteiger partial charge in [0.25, 0.3) is 0 Å². The molecule has 4 amide bonds. The van der Waals surface area contributed by atoms with Crippen LogP contribution < -0.4 is 46.9 Å². The Kier molecular flexibility index (Phi) is 22.8. The number of benzene rings is 5. The summed E-state index contributed by atoms with van der Waals surface area (Å²) >= 11 is 14.2. The van der Waals surface area contributed by atoms with Crippen LogP contribution in [-0.4, -0.2) is 179 Å². The third kappa shape index (κ3) is 15.8. The number of likely N-dealkylation sites (N-methyl/N-ethyl adjacent to an activating group) is 1. The van der Waals surface area contributed by atoms with E-state index in [2.05, 4.69) is 21.3 Å². The summed E-state index contributed by atoms with van der Waals surface area (Å²) in [5.41, 5.74) is 9.48. The number of phenols is 3. The fourth-order valence-corrected chi connectivity index (χ4v) is 13.8. The van der Waals surface area contributed by atoms with Crippen LogP contribution in [0.1, 0.15) is 124 Å². The van der Waals surface area contributed by atoms with Crippen molar-refractivity contribution in [2.24, 2.45) is 29.2 Å². The van der Waals surface area contributed by atoms with E-state index in [1.165, 1.54) is 87.6 Å². The summed E-state index contributed by atoms with van der Waals surface area (Å²) in [4.78, 5) is 88.4. The Morgan fingerprint density at radius 1 is 0.760 bits per heavy atom. The van der Waals surface area contributed by atoms with Gasteiger partial charge in [-0.25, -0.2) is 0 Å². The van der Waals surface area contributed by atoms with Gasteiger partial charge in [0.2, 0.25) is 35.7 Å². The van der Waals surface area contributed by atoms with Gasteiger partial charge in [0.1, 0.15) is 65.0 Å². The number of phenolic OH excluding ortho intramolecular Hbond substituents is 3. The first kappa shape index (κ1) is 74.6. The average Bonchev–Trinajstić information content (AvgIpc) is 0.770. The van der Waals surface area contributed by atoms with Gasteiger partial charge in [0.05, 0.1) is 71.5 Å². The summed E-state index contributed by atoms with van der Waals surface area (Å²) in [7, 11) is 1.52. The molecule has 7 aliphatic heterocycles. The number of hydrogen-bond donors (Lipinski definition) is 17. The molecule has 12 rings (SSSR count). The average molecular weight is 1430 g/mol. The number of amides is 4. The van der Waals surface area contributed by atoms with Crippen LogP contribution >= 0.6 is 23.2 Å². The highest BCUT2D eigenvalue weighted by atomic mass is 35.5. The first-order valence-corrected chi connectivity index (χ1v) is 33.1. The highest BCUT2D eigenvalue weighted by Gasteiger charge is 2.51.